The maximum absolute atomic E-state index is 12.8. The Morgan fingerprint density at radius 1 is 1.27 bits per heavy atom. The summed E-state index contributed by atoms with van der Waals surface area (Å²) in [6.07, 6.45) is 3.65. The third-order valence-electron chi connectivity index (χ3n) is 3.73. The number of nitrogens with one attached hydrogen (secondary N) is 1. The van der Waals surface area contributed by atoms with Gasteiger partial charge in [-0.3, -0.25) is 9.78 Å². The lowest BCUT2D eigenvalue weighted by Crippen LogP contribution is -2.26. The van der Waals surface area contributed by atoms with Gasteiger partial charge in [-0.1, -0.05) is 6.07 Å². The zero-order chi connectivity index (χ0) is 18.4. The molecule has 1 N–H and O–H groups in total. The molecule has 0 radical (unpaired) electrons. The van der Waals surface area contributed by atoms with Crippen LogP contribution in [0, 0.1) is 12.7 Å². The molecule has 0 aliphatic carbocycles. The van der Waals surface area contributed by atoms with Crippen LogP contribution >= 0.6 is 0 Å². The van der Waals surface area contributed by atoms with Crippen molar-refractivity contribution < 1.29 is 18.3 Å². The van der Waals surface area contributed by atoms with Crippen LogP contribution in [-0.4, -0.2) is 22.4 Å². The first-order valence-corrected chi connectivity index (χ1v) is 8.13. The van der Waals surface area contributed by atoms with E-state index in [4.69, 9.17) is 9.15 Å². The van der Waals surface area contributed by atoms with Gasteiger partial charge in [0.25, 0.3) is 5.91 Å². The van der Waals surface area contributed by atoms with E-state index in [1.165, 1.54) is 30.5 Å². The van der Waals surface area contributed by atoms with Crippen molar-refractivity contribution in [1.82, 2.24) is 15.3 Å². The Balaban J connectivity index is 1.48. The normalized spacial score (nSPS) is 10.5. The molecule has 0 aliphatic rings. The second kappa shape index (κ2) is 8.24. The maximum atomic E-state index is 12.8. The number of benzene rings is 1. The predicted octanol–water partition coefficient (Wildman–Crippen LogP) is 3.07. The Morgan fingerprint density at radius 2 is 2.08 bits per heavy atom. The molecule has 0 saturated heterocycles. The van der Waals surface area contributed by atoms with E-state index in [0.717, 1.165) is 11.3 Å². The fourth-order valence-electron chi connectivity index (χ4n) is 2.32. The second-order valence-electron chi connectivity index (χ2n) is 5.64. The largest absolute Gasteiger partial charge is 0.484 e. The van der Waals surface area contributed by atoms with Gasteiger partial charge in [0.15, 0.2) is 12.3 Å². The van der Waals surface area contributed by atoms with Crippen LogP contribution in [0.5, 0.6) is 5.75 Å². The average Bonchev–Trinajstić information content (AvgIpc) is 3.12. The zero-order valence-corrected chi connectivity index (χ0v) is 14.2. The van der Waals surface area contributed by atoms with Crippen molar-refractivity contribution in [3.63, 3.8) is 0 Å². The number of pyridine rings is 1. The molecular formula is C19H18FN3O3. The summed E-state index contributed by atoms with van der Waals surface area (Å²) in [4.78, 5) is 20.5. The molecule has 0 bridgehead atoms. The minimum Gasteiger partial charge on any atom is -0.484 e. The Labute approximate surface area is 150 Å². The molecule has 26 heavy (non-hydrogen) atoms. The van der Waals surface area contributed by atoms with Gasteiger partial charge < -0.3 is 14.5 Å². The first kappa shape index (κ1) is 17.6. The number of hydrogen-bond acceptors (Lipinski definition) is 5. The predicted molar refractivity (Wildman–Crippen MR) is 92.2 cm³/mol. The minimum atomic E-state index is -0.340. The third-order valence-corrected chi connectivity index (χ3v) is 3.73. The molecule has 0 unspecified atom stereocenters. The molecule has 134 valence electrons. The van der Waals surface area contributed by atoms with E-state index in [1.54, 1.807) is 6.20 Å². The van der Waals surface area contributed by atoms with Gasteiger partial charge in [0.05, 0.1) is 0 Å². The van der Waals surface area contributed by atoms with E-state index in [9.17, 15) is 9.18 Å². The molecule has 2 aromatic heterocycles. The smallest absolute Gasteiger partial charge is 0.273 e. The van der Waals surface area contributed by atoms with Gasteiger partial charge in [0, 0.05) is 24.9 Å². The number of carbonyl (C=O) groups excluding carboxylic acids is 1. The number of aryl methyl sites for hydroxylation is 1. The van der Waals surface area contributed by atoms with Crippen molar-refractivity contribution in [2.45, 2.75) is 20.0 Å². The number of rotatable bonds is 7. The molecule has 0 spiro atoms. The molecule has 1 amide bonds. The topological polar surface area (TPSA) is 77.2 Å². The van der Waals surface area contributed by atoms with E-state index in [-0.39, 0.29) is 29.9 Å². The van der Waals surface area contributed by atoms with Gasteiger partial charge in [-0.05, 0) is 42.8 Å². The van der Waals surface area contributed by atoms with E-state index < -0.39 is 0 Å². The second-order valence-corrected chi connectivity index (χ2v) is 5.64. The first-order valence-electron chi connectivity index (χ1n) is 8.13. The van der Waals surface area contributed by atoms with E-state index in [1.807, 2.05) is 19.1 Å². The van der Waals surface area contributed by atoms with Crippen LogP contribution in [0.3, 0.4) is 0 Å². The summed E-state index contributed by atoms with van der Waals surface area (Å²) in [5, 5.41) is 2.78. The number of hydrogen-bond donors (Lipinski definition) is 1. The Hall–Kier alpha value is -3.22. The Morgan fingerprint density at radius 3 is 2.85 bits per heavy atom. The number of aromatic nitrogens is 2. The molecule has 0 aliphatic heterocycles. The summed E-state index contributed by atoms with van der Waals surface area (Å²) < 4.78 is 23.5. The Bertz CT molecular complexity index is 878. The lowest BCUT2D eigenvalue weighted by molar-refractivity contribution is 0.0949. The number of carbonyl (C=O) groups is 1. The highest BCUT2D eigenvalue weighted by Gasteiger charge is 2.12. The van der Waals surface area contributed by atoms with Gasteiger partial charge in [-0.15, -0.1) is 0 Å². The van der Waals surface area contributed by atoms with E-state index >= 15 is 0 Å². The summed E-state index contributed by atoms with van der Waals surface area (Å²) in [5.41, 5.74) is 2.21. The summed E-state index contributed by atoms with van der Waals surface area (Å²) in [6.45, 7) is 2.48. The minimum absolute atomic E-state index is 0.0477. The standard InChI is InChI=1S/C19H18FN3O3/c1-13-3-2-9-21-16(13)8-10-22-19(24)17-11-26-18(23-17)12-25-15-6-4-14(20)5-7-15/h2-7,9,11H,8,10,12H2,1H3,(H,22,24). The van der Waals surface area contributed by atoms with Crippen LogP contribution in [0.25, 0.3) is 0 Å². The summed E-state index contributed by atoms with van der Waals surface area (Å²) in [5.74, 6) is 0.0880. The number of halogens is 1. The molecule has 3 aromatic rings. The van der Waals surface area contributed by atoms with Crippen LogP contribution in [0.1, 0.15) is 27.6 Å². The van der Waals surface area contributed by atoms with Gasteiger partial charge in [-0.25, -0.2) is 9.37 Å². The number of nitrogens with zero attached hydrogens (tertiary/aromatic N) is 2. The van der Waals surface area contributed by atoms with E-state index in [0.29, 0.717) is 18.7 Å². The molecule has 6 nitrogen and oxygen atoms in total. The van der Waals surface area contributed by atoms with E-state index in [2.05, 4.69) is 15.3 Å². The van der Waals surface area contributed by atoms with Crippen molar-refractivity contribution in [3.8, 4) is 5.75 Å². The highest BCUT2D eigenvalue weighted by Crippen LogP contribution is 2.13. The SMILES string of the molecule is Cc1cccnc1CCNC(=O)c1coc(COc2ccc(F)cc2)n1. The zero-order valence-electron chi connectivity index (χ0n) is 14.2. The number of ether oxygens (including phenoxy) is 1. The van der Waals surface area contributed by atoms with Gasteiger partial charge in [-0.2, -0.15) is 0 Å². The molecule has 1 aromatic carbocycles. The van der Waals surface area contributed by atoms with Crippen molar-refractivity contribution in [3.05, 3.63) is 77.5 Å². The van der Waals surface area contributed by atoms with Gasteiger partial charge in [0.1, 0.15) is 17.8 Å². The third kappa shape index (κ3) is 4.66. The van der Waals surface area contributed by atoms with Crippen LogP contribution in [-0.2, 0) is 13.0 Å². The van der Waals surface area contributed by atoms with Crippen LogP contribution in [0.2, 0.25) is 0 Å². The van der Waals surface area contributed by atoms with Crippen LogP contribution in [0.15, 0.2) is 53.3 Å². The lowest BCUT2D eigenvalue weighted by atomic mass is 10.1. The molecular weight excluding hydrogens is 337 g/mol. The number of oxazole rings is 1. The van der Waals surface area contributed by atoms with Crippen molar-refractivity contribution >= 4 is 5.91 Å². The molecule has 0 fully saturated rings. The fraction of sp³-hybridized carbons (Fsp3) is 0.211. The molecule has 7 heteroatoms. The Kier molecular flexibility index (Phi) is 5.58. The quantitative estimate of drug-likeness (QED) is 0.705. The molecule has 0 saturated carbocycles. The highest BCUT2D eigenvalue weighted by atomic mass is 19.1. The fourth-order valence-corrected chi connectivity index (χ4v) is 2.32. The van der Waals surface area contributed by atoms with Crippen LogP contribution < -0.4 is 10.1 Å². The summed E-state index contributed by atoms with van der Waals surface area (Å²) in [7, 11) is 0. The highest BCUT2D eigenvalue weighted by molar-refractivity contribution is 5.91. The van der Waals surface area contributed by atoms with Gasteiger partial charge >= 0.3 is 0 Å². The monoisotopic (exact) mass is 355 g/mol. The lowest BCUT2D eigenvalue weighted by Gasteiger charge is -2.05. The molecule has 2 heterocycles. The molecule has 3 rings (SSSR count). The summed E-state index contributed by atoms with van der Waals surface area (Å²) in [6, 6.07) is 9.47. The molecule has 0 atom stereocenters. The maximum Gasteiger partial charge on any atom is 0.273 e. The first-order chi connectivity index (χ1) is 12.6. The van der Waals surface area contributed by atoms with Crippen molar-refractivity contribution in [2.24, 2.45) is 0 Å². The van der Waals surface area contributed by atoms with Crippen LogP contribution in [0.4, 0.5) is 4.39 Å². The summed E-state index contributed by atoms with van der Waals surface area (Å²) >= 11 is 0. The van der Waals surface area contributed by atoms with Crippen molar-refractivity contribution in [1.29, 1.82) is 0 Å². The van der Waals surface area contributed by atoms with Crippen molar-refractivity contribution in [2.75, 3.05) is 6.54 Å². The number of amides is 1. The average molecular weight is 355 g/mol. The van der Waals surface area contributed by atoms with Gasteiger partial charge in [0.2, 0.25) is 5.89 Å².